The Bertz CT molecular complexity index is 541. The summed E-state index contributed by atoms with van der Waals surface area (Å²) in [5.74, 6) is 0.300. The lowest BCUT2D eigenvalue weighted by molar-refractivity contribution is -0.0514. The molecule has 0 aromatic heterocycles. The van der Waals surface area contributed by atoms with Gasteiger partial charge in [-0.05, 0) is 43.0 Å². The number of hydrogen-bond donors (Lipinski definition) is 0. The topological polar surface area (TPSA) is 18.5 Å². The lowest BCUT2D eigenvalue weighted by Gasteiger charge is -2.17. The number of benzene rings is 1. The van der Waals surface area contributed by atoms with Crippen molar-refractivity contribution in [3.8, 4) is 11.5 Å². The fraction of sp³-hybridized carbons (Fsp3) is 0.375. The van der Waals surface area contributed by atoms with Gasteiger partial charge in [0.15, 0.2) is 11.5 Å². The Morgan fingerprint density at radius 3 is 2.67 bits per heavy atom. The van der Waals surface area contributed by atoms with Gasteiger partial charge in [0.1, 0.15) is 0 Å². The zero-order chi connectivity index (χ0) is 15.2. The Hall–Kier alpha value is -1.55. The third-order valence-electron chi connectivity index (χ3n) is 3.09. The molecule has 114 valence electrons. The highest BCUT2D eigenvalue weighted by Gasteiger charge is 2.17. The van der Waals surface area contributed by atoms with Gasteiger partial charge in [0, 0.05) is 0 Å². The van der Waals surface area contributed by atoms with Crippen LogP contribution in [0.15, 0.2) is 42.0 Å². The molecule has 2 rings (SSSR count). The van der Waals surface area contributed by atoms with Crippen LogP contribution in [0.5, 0.6) is 11.5 Å². The van der Waals surface area contributed by atoms with Gasteiger partial charge in [-0.2, -0.15) is 8.78 Å². The van der Waals surface area contributed by atoms with E-state index in [1.807, 2.05) is 6.08 Å². The van der Waals surface area contributed by atoms with Crippen LogP contribution in [0.3, 0.4) is 0 Å². The summed E-state index contributed by atoms with van der Waals surface area (Å²) in [5, 5.41) is -0.332. The minimum Gasteiger partial charge on any atom is -0.490 e. The molecule has 1 aromatic carbocycles. The number of rotatable bonds is 6. The van der Waals surface area contributed by atoms with Gasteiger partial charge in [0.2, 0.25) is 0 Å². The van der Waals surface area contributed by atoms with E-state index >= 15 is 0 Å². The van der Waals surface area contributed by atoms with E-state index in [-0.39, 0.29) is 16.9 Å². The van der Waals surface area contributed by atoms with Crippen LogP contribution in [0.25, 0.3) is 0 Å². The van der Waals surface area contributed by atoms with Gasteiger partial charge in [-0.1, -0.05) is 24.3 Å². The summed E-state index contributed by atoms with van der Waals surface area (Å²) < 4.78 is 34.5. The monoisotopic (exact) mass is 314 g/mol. The first kappa shape index (κ1) is 15.8. The summed E-state index contributed by atoms with van der Waals surface area (Å²) in [5.41, 5.74) is 1.80. The maximum atomic E-state index is 12.4. The summed E-state index contributed by atoms with van der Waals surface area (Å²) in [6, 6.07) is 4.80. The standard InChI is InChI=1S/C16H17ClF2O2/c1-2-20-14-10-12(8-9-13(14)21-16(18)19)15(17)11-6-4-3-5-7-11/h4,6-10,15-16H,2-3,5H2,1H3. The summed E-state index contributed by atoms with van der Waals surface area (Å²) in [4.78, 5) is 0. The van der Waals surface area contributed by atoms with Crippen molar-refractivity contribution in [3.63, 3.8) is 0 Å². The molecule has 1 aromatic rings. The van der Waals surface area contributed by atoms with Crippen molar-refractivity contribution in [1.82, 2.24) is 0 Å². The quantitative estimate of drug-likeness (QED) is 0.668. The van der Waals surface area contributed by atoms with Crippen molar-refractivity contribution in [2.45, 2.75) is 31.8 Å². The van der Waals surface area contributed by atoms with Crippen molar-refractivity contribution >= 4 is 11.6 Å². The van der Waals surface area contributed by atoms with Crippen LogP contribution < -0.4 is 9.47 Å². The Labute approximate surface area is 128 Å². The minimum absolute atomic E-state index is 0.0210. The minimum atomic E-state index is -2.88. The second kappa shape index (κ2) is 7.46. The zero-order valence-corrected chi connectivity index (χ0v) is 12.4. The SMILES string of the molecule is CCOc1cc(C(Cl)C2=CCCC=C2)ccc1OC(F)F. The number of alkyl halides is 3. The molecule has 0 fully saturated rings. The molecule has 1 unspecified atom stereocenters. The lowest BCUT2D eigenvalue weighted by atomic mass is 9.99. The Morgan fingerprint density at radius 2 is 2.05 bits per heavy atom. The Balaban J connectivity index is 2.26. The average molecular weight is 315 g/mol. The van der Waals surface area contributed by atoms with E-state index in [0.717, 1.165) is 24.0 Å². The van der Waals surface area contributed by atoms with Gasteiger partial charge in [-0.3, -0.25) is 0 Å². The first-order valence-corrected chi connectivity index (χ1v) is 7.27. The number of halogens is 3. The molecule has 0 saturated heterocycles. The van der Waals surface area contributed by atoms with Gasteiger partial charge in [0.05, 0.1) is 12.0 Å². The predicted octanol–water partition coefficient (Wildman–Crippen LogP) is 5.24. The van der Waals surface area contributed by atoms with Crippen molar-refractivity contribution in [3.05, 3.63) is 47.6 Å². The third kappa shape index (κ3) is 4.21. The summed E-state index contributed by atoms with van der Waals surface area (Å²) in [6.07, 6.45) is 8.12. The highest BCUT2D eigenvalue weighted by molar-refractivity contribution is 6.22. The molecule has 0 N–H and O–H groups in total. The van der Waals surface area contributed by atoms with E-state index in [1.165, 1.54) is 6.07 Å². The molecular formula is C16H17ClF2O2. The van der Waals surface area contributed by atoms with Crippen molar-refractivity contribution in [2.75, 3.05) is 6.61 Å². The Morgan fingerprint density at radius 1 is 1.24 bits per heavy atom. The van der Waals surface area contributed by atoms with Crippen LogP contribution >= 0.6 is 11.6 Å². The van der Waals surface area contributed by atoms with Crippen LogP contribution in [0.4, 0.5) is 8.78 Å². The summed E-state index contributed by atoms with van der Waals surface area (Å²) >= 11 is 6.45. The fourth-order valence-electron chi connectivity index (χ4n) is 2.16. The predicted molar refractivity (Wildman–Crippen MR) is 79.3 cm³/mol. The molecule has 0 radical (unpaired) electrons. The van der Waals surface area contributed by atoms with Crippen LogP contribution in [0.1, 0.15) is 30.7 Å². The maximum absolute atomic E-state index is 12.4. The molecule has 0 heterocycles. The first-order valence-electron chi connectivity index (χ1n) is 6.84. The average Bonchev–Trinajstić information content (AvgIpc) is 2.49. The highest BCUT2D eigenvalue weighted by Crippen LogP contribution is 2.37. The molecular weight excluding hydrogens is 298 g/mol. The molecule has 1 aliphatic carbocycles. The van der Waals surface area contributed by atoms with Crippen molar-refractivity contribution in [2.24, 2.45) is 0 Å². The number of allylic oxidation sites excluding steroid dienone is 4. The second-order valence-electron chi connectivity index (χ2n) is 4.56. The normalized spacial score (nSPS) is 15.8. The molecule has 21 heavy (non-hydrogen) atoms. The summed E-state index contributed by atoms with van der Waals surface area (Å²) in [6.45, 7) is -0.743. The Kier molecular flexibility index (Phi) is 5.62. The fourth-order valence-corrected chi connectivity index (χ4v) is 2.46. The van der Waals surface area contributed by atoms with Gasteiger partial charge >= 0.3 is 6.61 Å². The van der Waals surface area contributed by atoms with Crippen molar-refractivity contribution in [1.29, 1.82) is 0 Å². The highest BCUT2D eigenvalue weighted by atomic mass is 35.5. The van der Waals surface area contributed by atoms with Crippen LogP contribution in [-0.2, 0) is 0 Å². The molecule has 0 spiro atoms. The lowest BCUT2D eigenvalue weighted by Crippen LogP contribution is -2.05. The van der Waals surface area contributed by atoms with Gasteiger partial charge in [0.25, 0.3) is 0 Å². The molecule has 0 aliphatic heterocycles. The van der Waals surface area contributed by atoms with E-state index in [0.29, 0.717) is 6.61 Å². The smallest absolute Gasteiger partial charge is 0.387 e. The van der Waals surface area contributed by atoms with E-state index < -0.39 is 6.61 Å². The number of hydrogen-bond acceptors (Lipinski definition) is 2. The largest absolute Gasteiger partial charge is 0.490 e. The van der Waals surface area contributed by atoms with E-state index in [4.69, 9.17) is 16.3 Å². The van der Waals surface area contributed by atoms with Crippen LogP contribution in [0, 0.1) is 0 Å². The van der Waals surface area contributed by atoms with Crippen LogP contribution in [0.2, 0.25) is 0 Å². The van der Waals surface area contributed by atoms with Gasteiger partial charge in [-0.25, -0.2) is 0 Å². The number of ether oxygens (including phenoxy) is 2. The molecule has 5 heteroatoms. The molecule has 0 amide bonds. The van der Waals surface area contributed by atoms with Crippen LogP contribution in [-0.4, -0.2) is 13.2 Å². The molecule has 1 atom stereocenters. The van der Waals surface area contributed by atoms with E-state index in [2.05, 4.69) is 16.9 Å². The third-order valence-corrected chi connectivity index (χ3v) is 3.60. The van der Waals surface area contributed by atoms with E-state index in [9.17, 15) is 8.78 Å². The zero-order valence-electron chi connectivity index (χ0n) is 11.7. The molecule has 1 aliphatic rings. The molecule has 2 nitrogen and oxygen atoms in total. The molecule has 0 bridgehead atoms. The summed E-state index contributed by atoms with van der Waals surface area (Å²) in [7, 11) is 0. The second-order valence-corrected chi connectivity index (χ2v) is 5.00. The van der Waals surface area contributed by atoms with Gasteiger partial charge in [-0.15, -0.1) is 11.6 Å². The first-order chi connectivity index (χ1) is 10.1. The molecule has 0 saturated carbocycles. The van der Waals surface area contributed by atoms with E-state index in [1.54, 1.807) is 19.1 Å². The maximum Gasteiger partial charge on any atom is 0.387 e. The van der Waals surface area contributed by atoms with Gasteiger partial charge < -0.3 is 9.47 Å². The van der Waals surface area contributed by atoms with Crippen molar-refractivity contribution < 1.29 is 18.3 Å².